The number of aromatic carboxylic acids is 1. The fourth-order valence-electron chi connectivity index (χ4n) is 1.33. The molecule has 1 aromatic heterocycles. The number of carboxylic acid groups (broad SMARTS) is 1. The lowest BCUT2D eigenvalue weighted by atomic mass is 10.3. The Morgan fingerprint density at radius 1 is 1.29 bits per heavy atom. The van der Waals surface area contributed by atoms with Crippen LogP contribution in [0.1, 0.15) is 14.5 Å². The Morgan fingerprint density at radius 3 is 2.71 bits per heavy atom. The van der Waals surface area contributed by atoms with Crippen molar-refractivity contribution in [1.29, 1.82) is 0 Å². The minimum atomic E-state index is -0.870. The van der Waals surface area contributed by atoms with Crippen molar-refractivity contribution in [3.63, 3.8) is 0 Å². The van der Waals surface area contributed by atoms with Gasteiger partial charge in [-0.25, -0.2) is 4.79 Å². The topological polar surface area (TPSA) is 63.3 Å². The molecule has 0 saturated carbocycles. The summed E-state index contributed by atoms with van der Waals surface area (Å²) in [6.45, 7) is 0. The molecule has 0 aliphatic rings. The van der Waals surface area contributed by atoms with Gasteiger partial charge in [-0.3, -0.25) is 0 Å². The lowest BCUT2D eigenvalue weighted by Crippen LogP contribution is -1.89. The average molecular weight is 265 g/mol. The monoisotopic (exact) mass is 265 g/mol. The van der Waals surface area contributed by atoms with Gasteiger partial charge in [0.05, 0.1) is 0 Å². The number of anilines is 1. The molecule has 88 valence electrons. The Hall–Kier alpha value is -1.46. The van der Waals surface area contributed by atoms with Crippen molar-refractivity contribution in [1.82, 2.24) is 0 Å². The van der Waals surface area contributed by atoms with E-state index in [9.17, 15) is 4.79 Å². The van der Waals surface area contributed by atoms with Crippen LogP contribution < -0.4 is 5.73 Å². The number of benzene rings is 1. The number of nitrogens with two attached hydrogens (primary N) is 1. The van der Waals surface area contributed by atoms with Crippen molar-refractivity contribution < 1.29 is 9.90 Å². The maximum Gasteiger partial charge on any atom is 0.345 e. The summed E-state index contributed by atoms with van der Waals surface area (Å²) in [5.41, 5.74) is 6.58. The fourth-order valence-corrected chi connectivity index (χ4v) is 3.19. The number of carbonyl (C=O) groups is 1. The van der Waals surface area contributed by atoms with Gasteiger partial charge < -0.3 is 10.8 Å². The predicted octanol–water partition coefficient (Wildman–Crippen LogP) is 3.32. The lowest BCUT2D eigenvalue weighted by Gasteiger charge is -2.02. The van der Waals surface area contributed by atoms with E-state index in [4.69, 9.17) is 10.8 Å². The zero-order valence-corrected chi connectivity index (χ0v) is 10.6. The molecule has 1 aromatic carbocycles. The van der Waals surface area contributed by atoms with Crippen molar-refractivity contribution in [3.05, 3.63) is 46.2 Å². The number of thiophene rings is 1. The van der Waals surface area contributed by atoms with E-state index in [-0.39, 0.29) is 0 Å². The Balaban J connectivity index is 2.02. The summed E-state index contributed by atoms with van der Waals surface area (Å²) in [5, 5.41) is 8.81. The van der Waals surface area contributed by atoms with Crippen LogP contribution in [0.2, 0.25) is 0 Å². The molecule has 0 amide bonds. The van der Waals surface area contributed by atoms with Crippen LogP contribution in [0.15, 0.2) is 41.3 Å². The van der Waals surface area contributed by atoms with Crippen molar-refractivity contribution in [3.8, 4) is 0 Å². The number of carboxylic acids is 1. The number of rotatable bonds is 4. The maximum absolute atomic E-state index is 10.7. The number of para-hydroxylation sites is 1. The highest BCUT2D eigenvalue weighted by Crippen LogP contribution is 2.30. The van der Waals surface area contributed by atoms with Gasteiger partial charge in [0.15, 0.2) is 0 Å². The van der Waals surface area contributed by atoms with Crippen molar-refractivity contribution >= 4 is 34.8 Å². The van der Waals surface area contributed by atoms with Crippen molar-refractivity contribution in [2.75, 3.05) is 5.73 Å². The van der Waals surface area contributed by atoms with Gasteiger partial charge in [0, 0.05) is 21.2 Å². The van der Waals surface area contributed by atoms with Crippen LogP contribution in [-0.4, -0.2) is 11.1 Å². The lowest BCUT2D eigenvalue weighted by molar-refractivity contribution is 0.0702. The summed E-state index contributed by atoms with van der Waals surface area (Å²) in [4.78, 5) is 13.2. The molecule has 17 heavy (non-hydrogen) atoms. The third kappa shape index (κ3) is 3.01. The second kappa shape index (κ2) is 5.25. The summed E-state index contributed by atoms with van der Waals surface area (Å²) in [6.07, 6.45) is 0. The number of hydrogen-bond donors (Lipinski definition) is 2. The van der Waals surface area contributed by atoms with E-state index >= 15 is 0 Å². The molecule has 0 aliphatic carbocycles. The van der Waals surface area contributed by atoms with Gasteiger partial charge in [0.1, 0.15) is 4.88 Å². The van der Waals surface area contributed by atoms with Crippen LogP contribution in [-0.2, 0) is 5.75 Å². The van der Waals surface area contributed by atoms with E-state index in [1.54, 1.807) is 17.8 Å². The van der Waals surface area contributed by atoms with E-state index in [2.05, 4.69) is 0 Å². The molecule has 0 bridgehead atoms. The highest BCUT2D eigenvalue weighted by Gasteiger charge is 2.07. The molecule has 3 nitrogen and oxygen atoms in total. The average Bonchev–Trinajstić information content (AvgIpc) is 2.77. The van der Waals surface area contributed by atoms with Gasteiger partial charge in [0.2, 0.25) is 0 Å². The summed E-state index contributed by atoms with van der Waals surface area (Å²) in [6, 6.07) is 11.1. The molecule has 5 heteroatoms. The summed E-state index contributed by atoms with van der Waals surface area (Å²) in [7, 11) is 0. The number of hydrogen-bond acceptors (Lipinski definition) is 4. The number of thioether (sulfide) groups is 1. The Morgan fingerprint density at radius 2 is 2.06 bits per heavy atom. The first-order chi connectivity index (χ1) is 8.16. The number of nitrogen functional groups attached to an aromatic ring is 1. The molecule has 0 spiro atoms. The Kier molecular flexibility index (Phi) is 3.71. The van der Waals surface area contributed by atoms with E-state index in [0.29, 0.717) is 4.88 Å². The molecular formula is C12H11NO2S2. The molecule has 1 heterocycles. The molecule has 3 N–H and O–H groups in total. The van der Waals surface area contributed by atoms with Crippen LogP contribution in [0.5, 0.6) is 0 Å². The molecule has 0 fully saturated rings. The quantitative estimate of drug-likeness (QED) is 0.657. The van der Waals surface area contributed by atoms with E-state index < -0.39 is 5.97 Å². The van der Waals surface area contributed by atoms with Crippen molar-refractivity contribution in [2.45, 2.75) is 10.6 Å². The molecule has 2 rings (SSSR count). The fraction of sp³-hybridized carbons (Fsp3) is 0.0833. The van der Waals surface area contributed by atoms with Gasteiger partial charge in [-0.15, -0.1) is 23.1 Å². The van der Waals surface area contributed by atoms with E-state index in [1.807, 2.05) is 30.3 Å². The minimum Gasteiger partial charge on any atom is -0.477 e. The molecule has 0 saturated heterocycles. The second-order valence-electron chi connectivity index (χ2n) is 3.40. The molecule has 0 aliphatic heterocycles. The van der Waals surface area contributed by atoms with Gasteiger partial charge in [-0.05, 0) is 24.3 Å². The molecule has 0 atom stereocenters. The van der Waals surface area contributed by atoms with Crippen LogP contribution in [0.25, 0.3) is 0 Å². The highest BCUT2D eigenvalue weighted by molar-refractivity contribution is 7.98. The molecule has 0 radical (unpaired) electrons. The van der Waals surface area contributed by atoms with Crippen LogP contribution in [0.3, 0.4) is 0 Å². The van der Waals surface area contributed by atoms with E-state index in [0.717, 1.165) is 21.2 Å². The first-order valence-corrected chi connectivity index (χ1v) is 6.76. The second-order valence-corrected chi connectivity index (χ2v) is 5.58. The van der Waals surface area contributed by atoms with Gasteiger partial charge in [-0.1, -0.05) is 12.1 Å². The van der Waals surface area contributed by atoms with E-state index in [1.165, 1.54) is 11.3 Å². The highest BCUT2D eigenvalue weighted by atomic mass is 32.2. The third-order valence-corrected chi connectivity index (χ3v) is 4.56. The Bertz CT molecular complexity index is 537. The zero-order chi connectivity index (χ0) is 12.3. The van der Waals surface area contributed by atoms with Crippen LogP contribution in [0, 0.1) is 0 Å². The van der Waals surface area contributed by atoms with Crippen molar-refractivity contribution in [2.24, 2.45) is 0 Å². The van der Waals surface area contributed by atoms with Crippen LogP contribution in [0.4, 0.5) is 5.69 Å². The zero-order valence-electron chi connectivity index (χ0n) is 8.92. The predicted molar refractivity (Wildman–Crippen MR) is 71.7 cm³/mol. The summed E-state index contributed by atoms with van der Waals surface area (Å²) in [5.74, 6) is -0.128. The van der Waals surface area contributed by atoms with Crippen LogP contribution >= 0.6 is 23.1 Å². The molecule has 0 unspecified atom stereocenters. The SMILES string of the molecule is Nc1ccccc1SCc1ccc(C(=O)O)s1. The largest absolute Gasteiger partial charge is 0.477 e. The third-order valence-electron chi connectivity index (χ3n) is 2.16. The summed E-state index contributed by atoms with van der Waals surface area (Å²) >= 11 is 2.92. The standard InChI is InChI=1S/C12H11NO2S2/c13-9-3-1-2-4-10(9)16-7-8-5-6-11(17-8)12(14)15/h1-6H,7,13H2,(H,14,15). The normalized spacial score (nSPS) is 10.4. The first kappa shape index (κ1) is 12.0. The molecular weight excluding hydrogens is 254 g/mol. The summed E-state index contributed by atoms with van der Waals surface area (Å²) < 4.78 is 0. The molecule has 2 aromatic rings. The Labute approximate surface area is 107 Å². The van der Waals surface area contributed by atoms with Gasteiger partial charge in [0.25, 0.3) is 0 Å². The van der Waals surface area contributed by atoms with Gasteiger partial charge >= 0.3 is 5.97 Å². The van der Waals surface area contributed by atoms with Gasteiger partial charge in [-0.2, -0.15) is 0 Å². The first-order valence-electron chi connectivity index (χ1n) is 4.96. The maximum atomic E-state index is 10.7. The minimum absolute atomic E-state index is 0.377. The smallest absolute Gasteiger partial charge is 0.345 e.